The maximum Gasteiger partial charge on any atom is 0.231 e. The summed E-state index contributed by atoms with van der Waals surface area (Å²) in [6.45, 7) is 2.27. The van der Waals surface area contributed by atoms with Gasteiger partial charge in [0.05, 0.1) is 17.9 Å². The summed E-state index contributed by atoms with van der Waals surface area (Å²) in [5.74, 6) is 2.17. The molecule has 0 spiro atoms. The minimum absolute atomic E-state index is 0. The lowest BCUT2D eigenvalue weighted by atomic mass is 10.0. The number of benzene rings is 2. The molecule has 1 aliphatic rings. The summed E-state index contributed by atoms with van der Waals surface area (Å²) in [5, 5.41) is 14.4. The van der Waals surface area contributed by atoms with Gasteiger partial charge in [0.2, 0.25) is 12.3 Å². The Balaban J connectivity index is 0.00000168. The van der Waals surface area contributed by atoms with Gasteiger partial charge in [-0.2, -0.15) is 4.40 Å². The van der Waals surface area contributed by atoms with Crippen LogP contribution in [0.25, 0.3) is 27.1 Å². The van der Waals surface area contributed by atoms with Gasteiger partial charge in [-0.05, 0) is 36.1 Å². The molecule has 5 rings (SSSR count). The van der Waals surface area contributed by atoms with Crippen LogP contribution in [0.2, 0.25) is 0 Å². The first-order chi connectivity index (χ1) is 12.2. The highest BCUT2D eigenvalue weighted by Gasteiger charge is 2.20. The third-order valence-electron chi connectivity index (χ3n) is 4.83. The van der Waals surface area contributed by atoms with Crippen LogP contribution in [0.5, 0.6) is 23.0 Å². The Labute approximate surface area is 160 Å². The highest BCUT2D eigenvalue weighted by atomic mass is 79.9. The van der Waals surface area contributed by atoms with E-state index >= 15 is 0 Å². The quantitative estimate of drug-likeness (QED) is 0.280. The third-order valence-corrected chi connectivity index (χ3v) is 4.83. The van der Waals surface area contributed by atoms with Crippen molar-refractivity contribution in [2.24, 2.45) is 0 Å². The number of aryl methyl sites for hydroxylation is 1. The Kier molecular flexibility index (Phi) is 3.80. The lowest BCUT2D eigenvalue weighted by molar-refractivity contribution is -0.509. The number of pyridine rings is 2. The number of fused-ring (bicyclic) bond motifs is 5. The van der Waals surface area contributed by atoms with Gasteiger partial charge < -0.3 is 36.3 Å². The van der Waals surface area contributed by atoms with Crippen molar-refractivity contribution >= 4 is 27.1 Å². The number of rotatable bonds is 1. The predicted octanol–water partition coefficient (Wildman–Crippen LogP) is 0.487. The second kappa shape index (κ2) is 5.92. The van der Waals surface area contributed by atoms with Crippen molar-refractivity contribution < 1.29 is 40.7 Å². The van der Waals surface area contributed by atoms with Gasteiger partial charge in [-0.3, -0.25) is 0 Å². The summed E-state index contributed by atoms with van der Waals surface area (Å²) < 4.78 is 18.3. The number of halogens is 1. The molecule has 132 valence electrons. The Morgan fingerprint density at radius 3 is 2.58 bits per heavy atom. The number of phenolic OH excluding ortho intramolecular Hbond substituents is 1. The zero-order chi connectivity index (χ0) is 17.1. The zero-order valence-electron chi connectivity index (χ0n) is 14.2. The molecule has 5 nitrogen and oxygen atoms in total. The van der Waals surface area contributed by atoms with Crippen LogP contribution >= 0.6 is 0 Å². The summed E-state index contributed by atoms with van der Waals surface area (Å²) in [5.41, 5.74) is 2.08. The molecule has 0 bridgehead atoms. The lowest BCUT2D eigenvalue weighted by Gasteiger charge is -2.09. The van der Waals surface area contributed by atoms with Crippen molar-refractivity contribution in [2.75, 3.05) is 13.9 Å². The Hall–Kier alpha value is -2.73. The van der Waals surface area contributed by atoms with Crippen molar-refractivity contribution in [1.82, 2.24) is 0 Å². The molecule has 3 heterocycles. The number of ether oxygens (including phenoxy) is 3. The van der Waals surface area contributed by atoms with Crippen LogP contribution in [0.3, 0.4) is 0 Å². The smallest absolute Gasteiger partial charge is 0.231 e. The van der Waals surface area contributed by atoms with Crippen molar-refractivity contribution in [3.63, 3.8) is 0 Å². The number of methoxy groups -OCH3 is 1. The lowest BCUT2D eigenvalue weighted by Crippen LogP contribution is -3.00. The molecule has 0 saturated heterocycles. The van der Waals surface area contributed by atoms with E-state index in [1.165, 1.54) is 0 Å². The second-order valence-electron chi connectivity index (χ2n) is 6.25. The molecular weight excluding hydrogens is 398 g/mol. The Morgan fingerprint density at radius 2 is 1.81 bits per heavy atom. The van der Waals surface area contributed by atoms with Gasteiger partial charge in [0, 0.05) is 17.5 Å². The fraction of sp³-hybridized carbons (Fsp3) is 0.150. The van der Waals surface area contributed by atoms with Crippen LogP contribution in [-0.2, 0) is 0 Å². The van der Waals surface area contributed by atoms with Gasteiger partial charge in [0.25, 0.3) is 0 Å². The highest BCUT2D eigenvalue weighted by molar-refractivity contribution is 6.01. The first-order valence-electron chi connectivity index (χ1n) is 8.03. The van der Waals surface area contributed by atoms with Crippen LogP contribution in [0.15, 0.2) is 42.7 Å². The predicted molar refractivity (Wildman–Crippen MR) is 93.7 cm³/mol. The van der Waals surface area contributed by atoms with Gasteiger partial charge in [-0.1, -0.05) is 0 Å². The van der Waals surface area contributed by atoms with E-state index in [9.17, 15) is 5.11 Å². The van der Waals surface area contributed by atoms with Crippen molar-refractivity contribution in [1.29, 1.82) is 0 Å². The summed E-state index contributed by atoms with van der Waals surface area (Å²) in [6.07, 6.45) is 3.91. The number of aromatic nitrogens is 1. The van der Waals surface area contributed by atoms with Crippen LogP contribution < -0.4 is 35.6 Å². The fourth-order valence-electron chi connectivity index (χ4n) is 3.53. The molecule has 0 amide bonds. The fourth-order valence-corrected chi connectivity index (χ4v) is 3.53. The van der Waals surface area contributed by atoms with E-state index in [1.807, 2.05) is 48.0 Å². The molecule has 0 unspecified atom stereocenters. The molecule has 0 atom stereocenters. The SMILES string of the molecule is COc1cc(C)c2cc3c4cc5c(cc4cc[n+]3cc2c1O)OCO5.[Br-]. The van der Waals surface area contributed by atoms with Crippen molar-refractivity contribution in [3.05, 3.63) is 48.3 Å². The molecule has 1 aliphatic heterocycles. The Bertz CT molecular complexity index is 1190. The minimum atomic E-state index is 0. The number of aromatic hydroxyl groups is 1. The molecule has 4 aromatic rings. The molecule has 0 fully saturated rings. The normalized spacial score (nSPS) is 12.5. The largest absolute Gasteiger partial charge is 1.00 e. The molecule has 2 aromatic heterocycles. The summed E-state index contributed by atoms with van der Waals surface area (Å²) in [6, 6.07) is 9.99. The van der Waals surface area contributed by atoms with Gasteiger partial charge in [0.1, 0.15) is 0 Å². The average Bonchev–Trinajstić information content (AvgIpc) is 3.09. The van der Waals surface area contributed by atoms with Crippen LogP contribution in [-0.4, -0.2) is 19.0 Å². The average molecular weight is 414 g/mol. The van der Waals surface area contributed by atoms with Crippen LogP contribution in [0.4, 0.5) is 0 Å². The third kappa shape index (κ3) is 2.25. The number of hydrogen-bond acceptors (Lipinski definition) is 4. The van der Waals surface area contributed by atoms with Crippen LogP contribution in [0.1, 0.15) is 5.56 Å². The summed E-state index contributed by atoms with van der Waals surface area (Å²) in [7, 11) is 1.56. The maximum atomic E-state index is 10.5. The molecule has 0 aliphatic carbocycles. The highest BCUT2D eigenvalue weighted by Crippen LogP contribution is 2.39. The van der Waals surface area contributed by atoms with E-state index in [0.717, 1.165) is 44.1 Å². The molecule has 0 radical (unpaired) electrons. The molecular formula is C20H16BrNO4. The maximum absolute atomic E-state index is 10.5. The molecule has 1 N–H and O–H groups in total. The van der Waals surface area contributed by atoms with E-state index < -0.39 is 0 Å². The van der Waals surface area contributed by atoms with E-state index in [0.29, 0.717) is 5.75 Å². The number of nitrogens with zero attached hydrogens (tertiary/aromatic N) is 1. The van der Waals surface area contributed by atoms with Crippen LogP contribution in [0, 0.1) is 6.92 Å². The molecule has 26 heavy (non-hydrogen) atoms. The van der Waals surface area contributed by atoms with E-state index in [1.54, 1.807) is 7.11 Å². The van der Waals surface area contributed by atoms with E-state index in [-0.39, 0.29) is 29.5 Å². The molecule has 2 aromatic carbocycles. The van der Waals surface area contributed by atoms with Crippen molar-refractivity contribution in [2.45, 2.75) is 6.92 Å². The summed E-state index contributed by atoms with van der Waals surface area (Å²) in [4.78, 5) is 0. The minimum Gasteiger partial charge on any atom is -1.00 e. The topological polar surface area (TPSA) is 52.0 Å². The standard InChI is InChI=1S/C20H15NO4.BrH/c1-11-5-19(23-2)20(22)15-9-21-4-3-12-6-17-18(25-10-24-17)8-14(12)16(21)7-13(11)15;/h3-9H,10H2,1-2H3;1H. The molecule has 6 heteroatoms. The Morgan fingerprint density at radius 1 is 1.04 bits per heavy atom. The monoisotopic (exact) mass is 413 g/mol. The van der Waals surface area contributed by atoms with E-state index in [4.69, 9.17) is 14.2 Å². The second-order valence-corrected chi connectivity index (χ2v) is 6.25. The van der Waals surface area contributed by atoms with E-state index in [2.05, 4.69) is 6.07 Å². The van der Waals surface area contributed by atoms with Gasteiger partial charge >= 0.3 is 0 Å². The van der Waals surface area contributed by atoms with Gasteiger partial charge in [0.15, 0.2) is 35.4 Å². The molecule has 0 saturated carbocycles. The number of hydrogen-bond donors (Lipinski definition) is 1. The van der Waals surface area contributed by atoms with Crippen molar-refractivity contribution in [3.8, 4) is 23.0 Å². The summed E-state index contributed by atoms with van der Waals surface area (Å²) >= 11 is 0. The first-order valence-corrected chi connectivity index (χ1v) is 8.03. The zero-order valence-corrected chi connectivity index (χ0v) is 15.8. The van der Waals surface area contributed by atoms with Gasteiger partial charge in [-0.15, -0.1) is 0 Å². The number of phenols is 1. The van der Waals surface area contributed by atoms with Gasteiger partial charge in [-0.25, -0.2) is 0 Å². The first kappa shape index (κ1) is 16.7.